The van der Waals surface area contributed by atoms with E-state index in [1.54, 1.807) is 19.0 Å². The second-order valence-corrected chi connectivity index (χ2v) is 4.06. The quantitative estimate of drug-likeness (QED) is 0.801. The SMILES string of the molecule is CC(CN)Nc1ccc(C(=O)N(C)C)cc1. The van der Waals surface area contributed by atoms with Gasteiger partial charge in [0.2, 0.25) is 0 Å². The number of amides is 1. The molecule has 1 atom stereocenters. The first kappa shape index (κ1) is 12.5. The van der Waals surface area contributed by atoms with Gasteiger partial charge in [0.05, 0.1) is 0 Å². The van der Waals surface area contributed by atoms with Gasteiger partial charge in [-0.05, 0) is 31.2 Å². The zero-order valence-corrected chi connectivity index (χ0v) is 10.0. The summed E-state index contributed by atoms with van der Waals surface area (Å²) >= 11 is 0. The van der Waals surface area contributed by atoms with Gasteiger partial charge in [-0.25, -0.2) is 0 Å². The number of hydrogen-bond donors (Lipinski definition) is 2. The van der Waals surface area contributed by atoms with Crippen LogP contribution in [-0.4, -0.2) is 37.5 Å². The van der Waals surface area contributed by atoms with Crippen molar-refractivity contribution < 1.29 is 4.79 Å². The normalized spacial score (nSPS) is 12.0. The molecule has 0 radical (unpaired) electrons. The molecular weight excluding hydrogens is 202 g/mol. The minimum atomic E-state index is 0.0124. The molecule has 1 amide bonds. The number of carbonyl (C=O) groups excluding carboxylic acids is 1. The van der Waals surface area contributed by atoms with Crippen LogP contribution in [0.2, 0.25) is 0 Å². The summed E-state index contributed by atoms with van der Waals surface area (Å²) in [7, 11) is 3.48. The van der Waals surface area contributed by atoms with Gasteiger partial charge in [-0.3, -0.25) is 4.79 Å². The van der Waals surface area contributed by atoms with E-state index in [2.05, 4.69) is 5.32 Å². The number of nitrogens with zero attached hydrogens (tertiary/aromatic N) is 1. The molecule has 1 aromatic carbocycles. The molecule has 1 unspecified atom stereocenters. The number of rotatable bonds is 4. The maximum Gasteiger partial charge on any atom is 0.253 e. The number of carbonyl (C=O) groups is 1. The van der Waals surface area contributed by atoms with E-state index in [9.17, 15) is 4.79 Å². The van der Waals surface area contributed by atoms with Crippen molar-refractivity contribution in [2.45, 2.75) is 13.0 Å². The summed E-state index contributed by atoms with van der Waals surface area (Å²) in [4.78, 5) is 13.2. The van der Waals surface area contributed by atoms with E-state index in [0.29, 0.717) is 12.1 Å². The Bertz CT molecular complexity index is 346. The Labute approximate surface area is 96.4 Å². The smallest absolute Gasteiger partial charge is 0.253 e. The van der Waals surface area contributed by atoms with Gasteiger partial charge in [-0.1, -0.05) is 0 Å². The molecule has 0 aromatic heterocycles. The third-order valence-corrected chi connectivity index (χ3v) is 2.30. The third-order valence-electron chi connectivity index (χ3n) is 2.30. The van der Waals surface area contributed by atoms with Crippen molar-refractivity contribution in [2.24, 2.45) is 5.73 Å². The second kappa shape index (κ2) is 5.51. The molecule has 16 heavy (non-hydrogen) atoms. The van der Waals surface area contributed by atoms with Crippen LogP contribution in [0, 0.1) is 0 Å². The average molecular weight is 221 g/mol. The van der Waals surface area contributed by atoms with Crippen molar-refractivity contribution in [3.63, 3.8) is 0 Å². The van der Waals surface area contributed by atoms with Gasteiger partial charge < -0.3 is 16.0 Å². The molecule has 0 aliphatic carbocycles. The van der Waals surface area contributed by atoms with Crippen molar-refractivity contribution in [1.82, 2.24) is 4.90 Å². The molecule has 0 fully saturated rings. The van der Waals surface area contributed by atoms with Gasteiger partial charge >= 0.3 is 0 Å². The summed E-state index contributed by atoms with van der Waals surface area (Å²) in [5.41, 5.74) is 7.19. The van der Waals surface area contributed by atoms with E-state index in [1.165, 1.54) is 0 Å². The second-order valence-electron chi connectivity index (χ2n) is 4.06. The Morgan fingerprint density at radius 3 is 2.38 bits per heavy atom. The molecule has 4 heteroatoms. The minimum absolute atomic E-state index is 0.0124. The fraction of sp³-hybridized carbons (Fsp3) is 0.417. The summed E-state index contributed by atoms with van der Waals surface area (Å²) < 4.78 is 0. The van der Waals surface area contributed by atoms with Crippen molar-refractivity contribution in [2.75, 3.05) is 26.0 Å². The predicted molar refractivity (Wildman–Crippen MR) is 66.6 cm³/mol. The molecule has 0 heterocycles. The molecule has 0 aliphatic rings. The van der Waals surface area contributed by atoms with Gasteiger partial charge in [0.15, 0.2) is 0 Å². The van der Waals surface area contributed by atoms with Crippen LogP contribution in [-0.2, 0) is 0 Å². The van der Waals surface area contributed by atoms with E-state index >= 15 is 0 Å². The predicted octanol–water partition coefficient (Wildman–Crippen LogP) is 1.15. The first-order chi connectivity index (χ1) is 7.54. The lowest BCUT2D eigenvalue weighted by Crippen LogP contribution is -2.25. The maximum atomic E-state index is 11.6. The fourth-order valence-electron chi connectivity index (χ4n) is 1.31. The Balaban J connectivity index is 2.71. The first-order valence-corrected chi connectivity index (χ1v) is 5.33. The van der Waals surface area contributed by atoms with Crippen LogP contribution in [0.3, 0.4) is 0 Å². The first-order valence-electron chi connectivity index (χ1n) is 5.33. The van der Waals surface area contributed by atoms with E-state index in [0.717, 1.165) is 5.69 Å². The molecule has 4 nitrogen and oxygen atoms in total. The number of hydrogen-bond acceptors (Lipinski definition) is 3. The van der Waals surface area contributed by atoms with Gasteiger partial charge in [-0.15, -0.1) is 0 Å². The molecule has 0 bridgehead atoms. The standard InChI is InChI=1S/C12H19N3O/c1-9(8-13)14-11-6-4-10(5-7-11)12(16)15(2)3/h4-7,9,14H,8,13H2,1-3H3. The molecule has 0 spiro atoms. The van der Waals surface area contributed by atoms with Crippen molar-refractivity contribution in [3.05, 3.63) is 29.8 Å². The molecule has 0 saturated heterocycles. The number of benzene rings is 1. The summed E-state index contributed by atoms with van der Waals surface area (Å²) in [6, 6.07) is 7.64. The molecular formula is C12H19N3O. The average Bonchev–Trinajstić information content (AvgIpc) is 2.28. The van der Waals surface area contributed by atoms with Crippen molar-refractivity contribution >= 4 is 11.6 Å². The van der Waals surface area contributed by atoms with Crippen LogP contribution in [0.15, 0.2) is 24.3 Å². The Morgan fingerprint density at radius 1 is 1.38 bits per heavy atom. The molecule has 0 saturated carbocycles. The van der Waals surface area contributed by atoms with E-state index in [4.69, 9.17) is 5.73 Å². The van der Waals surface area contributed by atoms with Crippen molar-refractivity contribution in [1.29, 1.82) is 0 Å². The van der Waals surface area contributed by atoms with Gasteiger partial charge in [0.1, 0.15) is 0 Å². The van der Waals surface area contributed by atoms with E-state index in [1.807, 2.05) is 31.2 Å². The number of nitrogens with one attached hydrogen (secondary N) is 1. The Kier molecular flexibility index (Phi) is 4.31. The topological polar surface area (TPSA) is 58.4 Å². The van der Waals surface area contributed by atoms with Crippen LogP contribution in [0.5, 0.6) is 0 Å². The Morgan fingerprint density at radius 2 is 1.94 bits per heavy atom. The van der Waals surface area contributed by atoms with Crippen molar-refractivity contribution in [3.8, 4) is 0 Å². The largest absolute Gasteiger partial charge is 0.381 e. The maximum absolute atomic E-state index is 11.6. The highest BCUT2D eigenvalue weighted by atomic mass is 16.2. The number of nitrogens with two attached hydrogens (primary N) is 1. The van der Waals surface area contributed by atoms with Gasteiger partial charge in [0, 0.05) is 37.9 Å². The lowest BCUT2D eigenvalue weighted by molar-refractivity contribution is 0.0827. The zero-order chi connectivity index (χ0) is 12.1. The molecule has 0 aliphatic heterocycles. The molecule has 1 rings (SSSR count). The molecule has 1 aromatic rings. The fourth-order valence-corrected chi connectivity index (χ4v) is 1.31. The lowest BCUT2D eigenvalue weighted by Gasteiger charge is -2.14. The van der Waals surface area contributed by atoms with Crippen LogP contribution in [0.25, 0.3) is 0 Å². The van der Waals surface area contributed by atoms with E-state index in [-0.39, 0.29) is 11.9 Å². The zero-order valence-electron chi connectivity index (χ0n) is 10.0. The lowest BCUT2D eigenvalue weighted by atomic mass is 10.2. The van der Waals surface area contributed by atoms with Crippen LogP contribution >= 0.6 is 0 Å². The highest BCUT2D eigenvalue weighted by molar-refractivity contribution is 5.94. The Hall–Kier alpha value is -1.55. The molecule has 88 valence electrons. The summed E-state index contributed by atoms with van der Waals surface area (Å²) in [6.07, 6.45) is 0. The summed E-state index contributed by atoms with van der Waals surface area (Å²) in [6.45, 7) is 2.59. The number of anilines is 1. The minimum Gasteiger partial charge on any atom is -0.381 e. The van der Waals surface area contributed by atoms with Gasteiger partial charge in [-0.2, -0.15) is 0 Å². The van der Waals surface area contributed by atoms with Crippen LogP contribution in [0.1, 0.15) is 17.3 Å². The highest BCUT2D eigenvalue weighted by Crippen LogP contribution is 2.11. The third kappa shape index (κ3) is 3.24. The van der Waals surface area contributed by atoms with Crippen LogP contribution in [0.4, 0.5) is 5.69 Å². The summed E-state index contributed by atoms with van der Waals surface area (Å²) in [5, 5.41) is 3.24. The molecule has 3 N–H and O–H groups in total. The monoisotopic (exact) mass is 221 g/mol. The van der Waals surface area contributed by atoms with Gasteiger partial charge in [0.25, 0.3) is 5.91 Å². The van der Waals surface area contributed by atoms with E-state index < -0.39 is 0 Å². The summed E-state index contributed by atoms with van der Waals surface area (Å²) in [5.74, 6) is 0.0124. The highest BCUT2D eigenvalue weighted by Gasteiger charge is 2.07. The van der Waals surface area contributed by atoms with Crippen LogP contribution < -0.4 is 11.1 Å².